The van der Waals surface area contributed by atoms with Gasteiger partial charge in [0.1, 0.15) is 0 Å². The van der Waals surface area contributed by atoms with Crippen LogP contribution >= 0.6 is 0 Å². The molecule has 0 fully saturated rings. The monoisotopic (exact) mass is 287 g/mol. The van der Waals surface area contributed by atoms with Gasteiger partial charge in [0.05, 0.1) is 5.56 Å². The van der Waals surface area contributed by atoms with Gasteiger partial charge in [-0.1, -0.05) is 27.7 Å². The highest BCUT2D eigenvalue weighted by atomic mass is 16.2. The average Bonchev–Trinajstić information content (AvgIpc) is 2.78. The molecule has 114 valence electrons. The summed E-state index contributed by atoms with van der Waals surface area (Å²) in [6.07, 6.45) is 1.79. The number of carbonyl (C=O) groups excluding carboxylic acids is 1. The third-order valence-electron chi connectivity index (χ3n) is 3.39. The molecule has 3 N–H and O–H groups in total. The van der Waals surface area contributed by atoms with Crippen LogP contribution in [0, 0.1) is 11.8 Å². The molecule has 2 rings (SSSR count). The van der Waals surface area contributed by atoms with Crippen LogP contribution < -0.4 is 5.73 Å². The first-order valence-corrected chi connectivity index (χ1v) is 7.54. The second kappa shape index (κ2) is 6.20. The number of hydrogen-bond acceptors (Lipinski definition) is 2. The normalized spacial score (nSPS) is 11.5. The molecule has 0 unspecified atom stereocenters. The van der Waals surface area contributed by atoms with Crippen LogP contribution in [0.2, 0.25) is 0 Å². The largest absolute Gasteiger partial charge is 0.399 e. The van der Waals surface area contributed by atoms with Gasteiger partial charge in [0.2, 0.25) is 0 Å². The molecule has 4 heteroatoms. The first kappa shape index (κ1) is 15.4. The second-order valence-electron chi connectivity index (χ2n) is 6.51. The Hall–Kier alpha value is -1.97. The van der Waals surface area contributed by atoms with Crippen LogP contribution in [-0.4, -0.2) is 28.9 Å². The van der Waals surface area contributed by atoms with Crippen molar-refractivity contribution in [3.63, 3.8) is 0 Å². The lowest BCUT2D eigenvalue weighted by Crippen LogP contribution is -2.36. The summed E-state index contributed by atoms with van der Waals surface area (Å²) in [4.78, 5) is 17.9. The molecule has 0 spiro atoms. The number of nitrogens with two attached hydrogens (primary N) is 1. The zero-order valence-electron chi connectivity index (χ0n) is 13.3. The molecule has 0 bridgehead atoms. The molecule has 2 aromatic rings. The van der Waals surface area contributed by atoms with Crippen LogP contribution in [-0.2, 0) is 0 Å². The van der Waals surface area contributed by atoms with Crippen LogP contribution in [0.3, 0.4) is 0 Å². The number of fused-ring (bicyclic) bond motifs is 1. The van der Waals surface area contributed by atoms with Crippen molar-refractivity contribution in [1.29, 1.82) is 0 Å². The topological polar surface area (TPSA) is 62.1 Å². The number of aromatic amines is 1. The third kappa shape index (κ3) is 3.57. The maximum atomic E-state index is 12.9. The fraction of sp³-hybridized carbons (Fsp3) is 0.471. The van der Waals surface area contributed by atoms with Crippen molar-refractivity contribution in [1.82, 2.24) is 9.88 Å². The number of H-pyrrole nitrogens is 1. The SMILES string of the molecule is CC(C)CN(CC(C)C)C(=O)c1c[nH]c2cc(N)ccc12. The average molecular weight is 287 g/mol. The van der Waals surface area contributed by atoms with Crippen molar-refractivity contribution < 1.29 is 4.79 Å². The van der Waals surface area contributed by atoms with Gasteiger partial charge in [-0.15, -0.1) is 0 Å². The van der Waals surface area contributed by atoms with E-state index in [1.807, 2.05) is 23.1 Å². The van der Waals surface area contributed by atoms with Gasteiger partial charge in [-0.2, -0.15) is 0 Å². The Kier molecular flexibility index (Phi) is 4.56. The standard InChI is InChI=1S/C17H25N3O/c1-11(2)9-20(10-12(3)4)17(21)15-8-19-16-7-13(18)5-6-14(15)16/h5-8,11-12,19H,9-10,18H2,1-4H3. The van der Waals surface area contributed by atoms with Crippen molar-refractivity contribution in [3.05, 3.63) is 30.0 Å². The Morgan fingerprint density at radius 3 is 2.38 bits per heavy atom. The third-order valence-corrected chi connectivity index (χ3v) is 3.39. The minimum Gasteiger partial charge on any atom is -0.399 e. The number of hydrogen-bond donors (Lipinski definition) is 2. The fourth-order valence-corrected chi connectivity index (χ4v) is 2.61. The highest BCUT2D eigenvalue weighted by Crippen LogP contribution is 2.22. The zero-order chi connectivity index (χ0) is 15.6. The lowest BCUT2D eigenvalue weighted by molar-refractivity contribution is 0.0717. The van der Waals surface area contributed by atoms with Gasteiger partial charge in [0.15, 0.2) is 0 Å². The number of nitrogen functional groups attached to an aromatic ring is 1. The summed E-state index contributed by atoms with van der Waals surface area (Å²) in [5, 5.41) is 0.937. The number of aromatic nitrogens is 1. The molecule has 1 heterocycles. The van der Waals surface area contributed by atoms with Crippen LogP contribution in [0.15, 0.2) is 24.4 Å². The number of benzene rings is 1. The molecular weight excluding hydrogens is 262 g/mol. The number of carbonyl (C=O) groups is 1. The summed E-state index contributed by atoms with van der Waals surface area (Å²) in [5.74, 6) is 0.996. The van der Waals surface area contributed by atoms with E-state index in [0.717, 1.165) is 29.6 Å². The van der Waals surface area contributed by atoms with Gasteiger partial charge in [0, 0.05) is 35.9 Å². The van der Waals surface area contributed by atoms with E-state index in [0.29, 0.717) is 17.5 Å². The van der Waals surface area contributed by atoms with Gasteiger partial charge in [0.25, 0.3) is 5.91 Å². The predicted molar refractivity (Wildman–Crippen MR) is 88.3 cm³/mol. The molecule has 0 atom stereocenters. The van der Waals surface area contributed by atoms with Crippen LogP contribution in [0.5, 0.6) is 0 Å². The van der Waals surface area contributed by atoms with Crippen LogP contribution in [0.25, 0.3) is 10.9 Å². The van der Waals surface area contributed by atoms with Gasteiger partial charge >= 0.3 is 0 Å². The smallest absolute Gasteiger partial charge is 0.256 e. The van der Waals surface area contributed by atoms with E-state index in [1.54, 1.807) is 6.20 Å². The zero-order valence-corrected chi connectivity index (χ0v) is 13.3. The first-order valence-electron chi connectivity index (χ1n) is 7.54. The summed E-state index contributed by atoms with van der Waals surface area (Å²) >= 11 is 0. The molecule has 0 saturated carbocycles. The van der Waals surface area contributed by atoms with Crippen molar-refractivity contribution in [2.45, 2.75) is 27.7 Å². The Morgan fingerprint density at radius 2 is 1.81 bits per heavy atom. The highest BCUT2D eigenvalue weighted by molar-refractivity contribution is 6.07. The maximum absolute atomic E-state index is 12.9. The molecule has 0 aliphatic carbocycles. The Morgan fingerprint density at radius 1 is 1.19 bits per heavy atom. The predicted octanol–water partition coefficient (Wildman–Crippen LogP) is 3.50. The molecule has 0 saturated heterocycles. The van der Waals surface area contributed by atoms with E-state index < -0.39 is 0 Å². The molecule has 0 aliphatic rings. The Balaban J connectivity index is 2.33. The molecule has 1 aromatic carbocycles. The first-order chi connectivity index (χ1) is 9.88. The summed E-state index contributed by atoms with van der Waals surface area (Å²) in [6, 6.07) is 5.61. The second-order valence-corrected chi connectivity index (χ2v) is 6.51. The molecule has 0 radical (unpaired) electrons. The number of anilines is 1. The van der Waals surface area contributed by atoms with E-state index in [2.05, 4.69) is 32.7 Å². The number of nitrogens with zero attached hydrogens (tertiary/aromatic N) is 1. The molecule has 1 amide bonds. The lowest BCUT2D eigenvalue weighted by Gasteiger charge is -2.26. The highest BCUT2D eigenvalue weighted by Gasteiger charge is 2.20. The van der Waals surface area contributed by atoms with Crippen LogP contribution in [0.4, 0.5) is 5.69 Å². The van der Waals surface area contributed by atoms with E-state index in [-0.39, 0.29) is 5.91 Å². The Bertz CT molecular complexity index is 618. The number of nitrogens with one attached hydrogen (secondary N) is 1. The van der Waals surface area contributed by atoms with Gasteiger partial charge in [-0.05, 0) is 30.0 Å². The van der Waals surface area contributed by atoms with Crippen molar-refractivity contribution in [2.75, 3.05) is 18.8 Å². The molecular formula is C17H25N3O. The molecule has 4 nitrogen and oxygen atoms in total. The Labute approximate surface area is 126 Å². The summed E-state index contributed by atoms with van der Waals surface area (Å²) in [7, 11) is 0. The van der Waals surface area contributed by atoms with E-state index in [4.69, 9.17) is 5.73 Å². The quantitative estimate of drug-likeness (QED) is 0.827. The van der Waals surface area contributed by atoms with Crippen molar-refractivity contribution in [3.8, 4) is 0 Å². The van der Waals surface area contributed by atoms with Gasteiger partial charge < -0.3 is 15.6 Å². The number of amides is 1. The lowest BCUT2D eigenvalue weighted by atomic mass is 10.1. The molecule has 1 aromatic heterocycles. The molecule has 0 aliphatic heterocycles. The van der Waals surface area contributed by atoms with E-state index in [9.17, 15) is 4.79 Å². The number of rotatable bonds is 5. The van der Waals surface area contributed by atoms with Crippen molar-refractivity contribution >= 4 is 22.5 Å². The van der Waals surface area contributed by atoms with Gasteiger partial charge in [-0.25, -0.2) is 0 Å². The fourth-order valence-electron chi connectivity index (χ4n) is 2.61. The minimum atomic E-state index is 0.0911. The summed E-state index contributed by atoms with van der Waals surface area (Å²) in [6.45, 7) is 10.1. The maximum Gasteiger partial charge on any atom is 0.256 e. The van der Waals surface area contributed by atoms with Gasteiger partial charge in [-0.3, -0.25) is 4.79 Å². The summed E-state index contributed by atoms with van der Waals surface area (Å²) < 4.78 is 0. The summed E-state index contributed by atoms with van der Waals surface area (Å²) in [5.41, 5.74) is 8.12. The van der Waals surface area contributed by atoms with Crippen LogP contribution in [0.1, 0.15) is 38.1 Å². The van der Waals surface area contributed by atoms with Crippen molar-refractivity contribution in [2.24, 2.45) is 11.8 Å². The van der Waals surface area contributed by atoms with E-state index >= 15 is 0 Å². The molecule has 21 heavy (non-hydrogen) atoms. The minimum absolute atomic E-state index is 0.0911. The van der Waals surface area contributed by atoms with E-state index in [1.165, 1.54) is 0 Å².